The molecule has 0 aromatic heterocycles. The van der Waals surface area contributed by atoms with Crippen molar-refractivity contribution in [3.63, 3.8) is 0 Å². The molecule has 0 N–H and O–H groups in total. The van der Waals surface area contributed by atoms with Gasteiger partial charge in [0.05, 0.1) is 31.8 Å². The third-order valence-corrected chi connectivity index (χ3v) is 1.11. The Morgan fingerprint density at radius 2 is 2.30 bits per heavy atom. The molecule has 0 saturated carbocycles. The standard InChI is InChI=1S/C7H13NO2/c1-7(9-2)6-10-5-3-4-8/h7H,3,5-6H2,1-2H3. The fraction of sp³-hybridized carbons (Fsp3) is 0.857. The highest BCUT2D eigenvalue weighted by atomic mass is 16.5. The molecular weight excluding hydrogens is 130 g/mol. The third kappa shape index (κ3) is 5.54. The van der Waals surface area contributed by atoms with E-state index in [1.807, 2.05) is 13.0 Å². The highest BCUT2D eigenvalue weighted by Gasteiger charge is 1.96. The van der Waals surface area contributed by atoms with E-state index in [1.165, 1.54) is 0 Å². The van der Waals surface area contributed by atoms with Crippen molar-refractivity contribution in [3.8, 4) is 6.07 Å². The van der Waals surface area contributed by atoms with E-state index in [-0.39, 0.29) is 6.10 Å². The Labute approximate surface area is 61.5 Å². The molecule has 0 amide bonds. The van der Waals surface area contributed by atoms with Crippen LogP contribution in [0.1, 0.15) is 13.3 Å². The summed E-state index contributed by atoms with van der Waals surface area (Å²) in [5.74, 6) is 0. The monoisotopic (exact) mass is 143 g/mol. The molecule has 0 heterocycles. The first-order chi connectivity index (χ1) is 4.81. The van der Waals surface area contributed by atoms with Gasteiger partial charge in [0, 0.05) is 7.11 Å². The molecule has 1 atom stereocenters. The van der Waals surface area contributed by atoms with E-state index in [0.717, 1.165) is 0 Å². The molecule has 0 aliphatic heterocycles. The Kier molecular flexibility index (Phi) is 6.14. The first-order valence-corrected chi connectivity index (χ1v) is 3.28. The second-order valence-corrected chi connectivity index (χ2v) is 2.03. The summed E-state index contributed by atoms with van der Waals surface area (Å²) in [6.45, 7) is 2.99. The van der Waals surface area contributed by atoms with Crippen LogP contribution in [0.3, 0.4) is 0 Å². The normalized spacial score (nSPS) is 12.5. The fourth-order valence-corrected chi connectivity index (χ4v) is 0.435. The average Bonchev–Trinajstić information content (AvgIpc) is 1.98. The van der Waals surface area contributed by atoms with Crippen LogP contribution >= 0.6 is 0 Å². The number of rotatable bonds is 5. The van der Waals surface area contributed by atoms with Gasteiger partial charge in [-0.05, 0) is 6.92 Å². The van der Waals surface area contributed by atoms with E-state index >= 15 is 0 Å². The molecule has 10 heavy (non-hydrogen) atoms. The maximum absolute atomic E-state index is 8.13. The highest BCUT2D eigenvalue weighted by Crippen LogP contribution is 1.89. The van der Waals surface area contributed by atoms with E-state index in [2.05, 4.69) is 0 Å². The number of nitriles is 1. The van der Waals surface area contributed by atoms with E-state index in [4.69, 9.17) is 14.7 Å². The zero-order valence-electron chi connectivity index (χ0n) is 6.46. The largest absolute Gasteiger partial charge is 0.379 e. The summed E-state index contributed by atoms with van der Waals surface area (Å²) in [5, 5.41) is 8.13. The summed E-state index contributed by atoms with van der Waals surface area (Å²) >= 11 is 0. The lowest BCUT2D eigenvalue weighted by Gasteiger charge is -2.07. The van der Waals surface area contributed by atoms with Gasteiger partial charge in [-0.15, -0.1) is 0 Å². The second kappa shape index (κ2) is 6.53. The maximum atomic E-state index is 8.13. The number of nitrogens with zero attached hydrogens (tertiary/aromatic N) is 1. The minimum Gasteiger partial charge on any atom is -0.379 e. The molecule has 0 aromatic carbocycles. The Morgan fingerprint density at radius 1 is 1.60 bits per heavy atom. The first-order valence-electron chi connectivity index (χ1n) is 3.28. The minimum absolute atomic E-state index is 0.124. The molecule has 0 bridgehead atoms. The first kappa shape index (κ1) is 9.41. The van der Waals surface area contributed by atoms with Crippen LogP contribution in [0.4, 0.5) is 0 Å². The van der Waals surface area contributed by atoms with Gasteiger partial charge in [-0.2, -0.15) is 5.26 Å². The smallest absolute Gasteiger partial charge is 0.0776 e. The fourth-order valence-electron chi connectivity index (χ4n) is 0.435. The van der Waals surface area contributed by atoms with Gasteiger partial charge in [0.25, 0.3) is 0 Å². The SMILES string of the molecule is COC(C)COCCC#N. The van der Waals surface area contributed by atoms with Gasteiger partial charge in [-0.3, -0.25) is 0 Å². The van der Waals surface area contributed by atoms with Crippen molar-refractivity contribution in [1.29, 1.82) is 5.26 Å². The summed E-state index contributed by atoms with van der Waals surface area (Å²) in [7, 11) is 1.64. The maximum Gasteiger partial charge on any atom is 0.0776 e. The van der Waals surface area contributed by atoms with Gasteiger partial charge in [0.1, 0.15) is 0 Å². The average molecular weight is 143 g/mol. The summed E-state index contributed by atoms with van der Waals surface area (Å²) < 4.78 is 10.0. The van der Waals surface area contributed by atoms with Gasteiger partial charge in [0.2, 0.25) is 0 Å². The predicted octanol–water partition coefficient (Wildman–Crippen LogP) is 0.952. The van der Waals surface area contributed by atoms with Crippen molar-refractivity contribution < 1.29 is 9.47 Å². The lowest BCUT2D eigenvalue weighted by molar-refractivity contribution is 0.0205. The molecule has 0 rings (SSSR count). The lowest BCUT2D eigenvalue weighted by Crippen LogP contribution is -2.13. The van der Waals surface area contributed by atoms with Gasteiger partial charge in [-0.25, -0.2) is 0 Å². The van der Waals surface area contributed by atoms with Crippen molar-refractivity contribution in [1.82, 2.24) is 0 Å². The van der Waals surface area contributed by atoms with Crippen LogP contribution in [0.5, 0.6) is 0 Å². The van der Waals surface area contributed by atoms with Crippen LogP contribution in [0.2, 0.25) is 0 Å². The van der Waals surface area contributed by atoms with Gasteiger partial charge >= 0.3 is 0 Å². The number of hydrogen-bond donors (Lipinski definition) is 0. The highest BCUT2D eigenvalue weighted by molar-refractivity contribution is 4.67. The summed E-state index contributed by atoms with van der Waals surface area (Å²) in [4.78, 5) is 0. The van der Waals surface area contributed by atoms with Crippen LogP contribution in [0.15, 0.2) is 0 Å². The molecule has 58 valence electrons. The van der Waals surface area contributed by atoms with Crippen molar-refractivity contribution in [2.75, 3.05) is 20.3 Å². The Morgan fingerprint density at radius 3 is 2.80 bits per heavy atom. The third-order valence-electron chi connectivity index (χ3n) is 1.11. The van der Waals surface area contributed by atoms with Gasteiger partial charge in [-0.1, -0.05) is 0 Å². The van der Waals surface area contributed by atoms with E-state index in [0.29, 0.717) is 19.6 Å². The van der Waals surface area contributed by atoms with E-state index < -0.39 is 0 Å². The molecule has 0 saturated heterocycles. The number of hydrogen-bond acceptors (Lipinski definition) is 3. The zero-order chi connectivity index (χ0) is 7.82. The molecule has 0 radical (unpaired) electrons. The van der Waals surface area contributed by atoms with Gasteiger partial charge < -0.3 is 9.47 Å². The number of methoxy groups -OCH3 is 1. The van der Waals surface area contributed by atoms with Crippen LogP contribution in [0.25, 0.3) is 0 Å². The molecule has 0 aromatic rings. The van der Waals surface area contributed by atoms with E-state index in [1.54, 1.807) is 7.11 Å². The quantitative estimate of drug-likeness (QED) is 0.538. The molecule has 0 spiro atoms. The topological polar surface area (TPSA) is 42.2 Å². The van der Waals surface area contributed by atoms with Crippen LogP contribution < -0.4 is 0 Å². The van der Waals surface area contributed by atoms with Crippen LogP contribution in [0, 0.1) is 11.3 Å². The van der Waals surface area contributed by atoms with Crippen molar-refractivity contribution in [2.45, 2.75) is 19.4 Å². The molecule has 0 aliphatic rings. The molecular formula is C7H13NO2. The molecule has 3 nitrogen and oxygen atoms in total. The summed E-state index contributed by atoms with van der Waals surface area (Å²) in [6.07, 6.45) is 0.579. The lowest BCUT2D eigenvalue weighted by atomic mass is 10.4. The van der Waals surface area contributed by atoms with Crippen molar-refractivity contribution in [2.24, 2.45) is 0 Å². The Hall–Kier alpha value is -0.590. The van der Waals surface area contributed by atoms with E-state index in [9.17, 15) is 0 Å². The Balaban J connectivity index is 2.98. The molecule has 0 aliphatic carbocycles. The Bertz CT molecular complexity index is 109. The minimum atomic E-state index is 0.124. The molecule has 1 unspecified atom stereocenters. The summed E-state index contributed by atoms with van der Waals surface area (Å²) in [5.41, 5.74) is 0. The van der Waals surface area contributed by atoms with Crippen LogP contribution in [-0.2, 0) is 9.47 Å². The van der Waals surface area contributed by atoms with Crippen LogP contribution in [-0.4, -0.2) is 26.4 Å². The van der Waals surface area contributed by atoms with Crippen molar-refractivity contribution >= 4 is 0 Å². The second-order valence-electron chi connectivity index (χ2n) is 2.03. The zero-order valence-corrected chi connectivity index (χ0v) is 6.46. The number of ether oxygens (including phenoxy) is 2. The van der Waals surface area contributed by atoms with Gasteiger partial charge in [0.15, 0.2) is 0 Å². The summed E-state index contributed by atoms with van der Waals surface area (Å²) in [6, 6.07) is 1.99. The molecule has 0 fully saturated rings. The van der Waals surface area contributed by atoms with Crippen molar-refractivity contribution in [3.05, 3.63) is 0 Å². The molecule has 3 heteroatoms. The predicted molar refractivity (Wildman–Crippen MR) is 37.5 cm³/mol.